The molecule has 2 aliphatic rings. The van der Waals surface area contributed by atoms with E-state index in [-0.39, 0.29) is 0 Å². The Hall–Kier alpha value is -0.720. The van der Waals surface area contributed by atoms with Gasteiger partial charge in [-0.2, -0.15) is 0 Å². The third-order valence-electron chi connectivity index (χ3n) is 2.16. The third-order valence-corrected chi connectivity index (χ3v) is 2.16. The van der Waals surface area contributed by atoms with E-state index in [0.29, 0.717) is 6.10 Å². The molecule has 0 saturated heterocycles. The van der Waals surface area contributed by atoms with Crippen molar-refractivity contribution in [3.63, 3.8) is 0 Å². The molecule has 1 heteroatoms. The van der Waals surface area contributed by atoms with Crippen molar-refractivity contribution in [2.24, 2.45) is 0 Å². The van der Waals surface area contributed by atoms with Crippen molar-refractivity contribution in [2.75, 3.05) is 0 Å². The summed E-state index contributed by atoms with van der Waals surface area (Å²) in [6, 6.07) is 0. The number of hydrogen-bond donors (Lipinski definition) is 0. The van der Waals surface area contributed by atoms with Crippen LogP contribution in [-0.2, 0) is 4.74 Å². The molecule has 0 aromatic rings. The van der Waals surface area contributed by atoms with Crippen molar-refractivity contribution >= 4 is 0 Å². The second-order valence-electron chi connectivity index (χ2n) is 3.46. The van der Waals surface area contributed by atoms with Crippen LogP contribution in [0.4, 0.5) is 0 Å². The normalized spacial score (nSPS) is 20.8. The lowest BCUT2D eigenvalue weighted by atomic mass is 10.1. The summed E-state index contributed by atoms with van der Waals surface area (Å²) in [7, 11) is 0. The van der Waals surface area contributed by atoms with Crippen LogP contribution in [-0.4, -0.2) is 6.10 Å². The van der Waals surface area contributed by atoms with Gasteiger partial charge in [-0.1, -0.05) is 25.5 Å². The minimum atomic E-state index is 0.563. The molecule has 0 bridgehead atoms. The first-order valence-electron chi connectivity index (χ1n) is 5.37. The van der Waals surface area contributed by atoms with Crippen LogP contribution in [0.2, 0.25) is 0 Å². The van der Waals surface area contributed by atoms with Gasteiger partial charge in [-0.05, 0) is 32.3 Å². The van der Waals surface area contributed by atoms with Gasteiger partial charge >= 0.3 is 0 Å². The highest BCUT2D eigenvalue weighted by Gasteiger charge is 2.24. The number of ether oxygens (including phenoxy) is 1. The van der Waals surface area contributed by atoms with E-state index in [0.717, 1.165) is 6.42 Å². The van der Waals surface area contributed by atoms with Crippen molar-refractivity contribution < 1.29 is 4.74 Å². The molecule has 13 heavy (non-hydrogen) atoms. The SMILES string of the molecule is CC.CC1=CC=C(OC2CC2)CC1. The van der Waals surface area contributed by atoms with E-state index in [9.17, 15) is 0 Å². The van der Waals surface area contributed by atoms with Gasteiger partial charge in [0.2, 0.25) is 0 Å². The van der Waals surface area contributed by atoms with Gasteiger partial charge in [0.05, 0.1) is 11.9 Å². The molecule has 0 radical (unpaired) electrons. The monoisotopic (exact) mass is 180 g/mol. The first-order chi connectivity index (χ1) is 6.34. The molecule has 0 atom stereocenters. The van der Waals surface area contributed by atoms with E-state index in [1.807, 2.05) is 13.8 Å². The van der Waals surface area contributed by atoms with Gasteiger partial charge < -0.3 is 4.74 Å². The number of allylic oxidation sites excluding steroid dienone is 4. The summed E-state index contributed by atoms with van der Waals surface area (Å²) in [6.45, 7) is 6.17. The van der Waals surface area contributed by atoms with E-state index in [2.05, 4.69) is 19.1 Å². The fraction of sp³-hybridized carbons (Fsp3) is 0.667. The number of hydrogen-bond acceptors (Lipinski definition) is 1. The Labute approximate surface area is 81.5 Å². The van der Waals surface area contributed by atoms with Crippen LogP contribution < -0.4 is 0 Å². The van der Waals surface area contributed by atoms with Crippen molar-refractivity contribution in [1.82, 2.24) is 0 Å². The Kier molecular flexibility index (Phi) is 4.07. The molecule has 0 N–H and O–H groups in total. The maximum atomic E-state index is 5.67. The summed E-state index contributed by atoms with van der Waals surface area (Å²) < 4.78 is 5.67. The molecule has 0 aliphatic heterocycles. The molecule has 0 aromatic heterocycles. The van der Waals surface area contributed by atoms with Crippen molar-refractivity contribution in [3.8, 4) is 0 Å². The summed E-state index contributed by atoms with van der Waals surface area (Å²) in [5.41, 5.74) is 1.47. The predicted octanol–water partition coefficient (Wildman–Crippen LogP) is 3.82. The molecule has 0 amide bonds. The largest absolute Gasteiger partial charge is 0.495 e. The zero-order chi connectivity index (χ0) is 9.68. The summed E-state index contributed by atoms with van der Waals surface area (Å²) in [6.07, 6.45) is 9.67. The molecule has 74 valence electrons. The Balaban J connectivity index is 0.000000396. The van der Waals surface area contributed by atoms with E-state index >= 15 is 0 Å². The van der Waals surface area contributed by atoms with Crippen LogP contribution in [0, 0.1) is 0 Å². The zero-order valence-electron chi connectivity index (χ0n) is 8.97. The molecule has 0 spiro atoms. The van der Waals surface area contributed by atoms with Gasteiger partial charge in [0.15, 0.2) is 0 Å². The molecular weight excluding hydrogens is 160 g/mol. The quantitative estimate of drug-likeness (QED) is 0.627. The smallest absolute Gasteiger partial charge is 0.0985 e. The fourth-order valence-corrected chi connectivity index (χ4v) is 1.22. The molecule has 2 aliphatic carbocycles. The van der Waals surface area contributed by atoms with Crippen LogP contribution in [0.1, 0.15) is 46.5 Å². The highest BCUT2D eigenvalue weighted by Crippen LogP contribution is 2.29. The Bertz CT molecular complexity index is 209. The molecule has 0 aromatic carbocycles. The van der Waals surface area contributed by atoms with Crippen LogP contribution >= 0.6 is 0 Å². The van der Waals surface area contributed by atoms with Crippen LogP contribution in [0.5, 0.6) is 0 Å². The summed E-state index contributed by atoms with van der Waals surface area (Å²) in [5.74, 6) is 1.19. The topological polar surface area (TPSA) is 9.23 Å². The van der Waals surface area contributed by atoms with Gasteiger partial charge in [-0.15, -0.1) is 0 Å². The highest BCUT2D eigenvalue weighted by molar-refractivity contribution is 5.19. The molecule has 2 rings (SSSR count). The van der Waals surface area contributed by atoms with Crippen molar-refractivity contribution in [3.05, 3.63) is 23.5 Å². The van der Waals surface area contributed by atoms with E-state index in [1.54, 1.807) is 0 Å². The minimum Gasteiger partial charge on any atom is -0.495 e. The van der Waals surface area contributed by atoms with E-state index in [1.165, 1.54) is 30.6 Å². The molecule has 0 unspecified atom stereocenters. The van der Waals surface area contributed by atoms with Gasteiger partial charge in [-0.3, -0.25) is 0 Å². The first-order valence-corrected chi connectivity index (χ1v) is 5.37. The van der Waals surface area contributed by atoms with Crippen molar-refractivity contribution in [1.29, 1.82) is 0 Å². The Morgan fingerprint density at radius 3 is 2.31 bits per heavy atom. The predicted molar refractivity (Wildman–Crippen MR) is 56.5 cm³/mol. The average molecular weight is 180 g/mol. The molecule has 1 nitrogen and oxygen atoms in total. The van der Waals surface area contributed by atoms with Crippen LogP contribution in [0.15, 0.2) is 23.5 Å². The maximum absolute atomic E-state index is 5.67. The second-order valence-corrected chi connectivity index (χ2v) is 3.46. The molecule has 1 fully saturated rings. The molecule has 1 saturated carbocycles. The molecule has 0 heterocycles. The number of rotatable bonds is 2. The first kappa shape index (κ1) is 10.4. The van der Waals surface area contributed by atoms with Gasteiger partial charge in [0, 0.05) is 6.42 Å². The van der Waals surface area contributed by atoms with Crippen LogP contribution in [0.3, 0.4) is 0 Å². The lowest BCUT2D eigenvalue weighted by Gasteiger charge is -2.12. The van der Waals surface area contributed by atoms with Crippen LogP contribution in [0.25, 0.3) is 0 Å². The summed E-state index contributed by atoms with van der Waals surface area (Å²) >= 11 is 0. The Morgan fingerprint density at radius 2 is 1.85 bits per heavy atom. The van der Waals surface area contributed by atoms with E-state index < -0.39 is 0 Å². The lowest BCUT2D eigenvalue weighted by molar-refractivity contribution is 0.186. The summed E-state index contributed by atoms with van der Waals surface area (Å²) in [5, 5.41) is 0. The lowest BCUT2D eigenvalue weighted by Crippen LogP contribution is -1.97. The second kappa shape index (κ2) is 5.11. The van der Waals surface area contributed by atoms with Gasteiger partial charge in [0.1, 0.15) is 0 Å². The third kappa shape index (κ3) is 3.67. The molecular formula is C12H20O. The van der Waals surface area contributed by atoms with E-state index in [4.69, 9.17) is 4.74 Å². The standard InChI is InChI=1S/C10H14O.C2H6/c1-8-2-4-9(5-3-8)11-10-6-7-10;1-2/h2,4,10H,3,5-7H2,1H3;1-2H3. The Morgan fingerprint density at radius 1 is 1.15 bits per heavy atom. The fourth-order valence-electron chi connectivity index (χ4n) is 1.22. The van der Waals surface area contributed by atoms with Gasteiger partial charge in [-0.25, -0.2) is 0 Å². The zero-order valence-corrected chi connectivity index (χ0v) is 8.97. The van der Waals surface area contributed by atoms with Crippen molar-refractivity contribution in [2.45, 2.75) is 52.6 Å². The maximum Gasteiger partial charge on any atom is 0.0985 e. The summed E-state index contributed by atoms with van der Waals surface area (Å²) in [4.78, 5) is 0. The highest BCUT2D eigenvalue weighted by atomic mass is 16.5. The van der Waals surface area contributed by atoms with Gasteiger partial charge in [0.25, 0.3) is 0 Å². The minimum absolute atomic E-state index is 0.563. The average Bonchev–Trinajstić information content (AvgIpc) is 2.96.